The third-order valence-corrected chi connectivity index (χ3v) is 5.16. The Bertz CT molecular complexity index is 861. The van der Waals surface area contributed by atoms with Crippen molar-refractivity contribution in [2.45, 2.75) is 38.6 Å². The summed E-state index contributed by atoms with van der Waals surface area (Å²) in [4.78, 5) is 60.9. The molecule has 2 fully saturated rings. The van der Waals surface area contributed by atoms with E-state index in [2.05, 4.69) is 10.6 Å². The first-order chi connectivity index (χ1) is 13.7. The van der Waals surface area contributed by atoms with E-state index in [0.29, 0.717) is 17.7 Å². The van der Waals surface area contributed by atoms with Crippen molar-refractivity contribution in [1.82, 2.24) is 10.2 Å². The van der Waals surface area contributed by atoms with E-state index in [1.54, 1.807) is 26.0 Å². The average molecular weight is 401 g/mol. The summed E-state index contributed by atoms with van der Waals surface area (Å²) in [6.07, 6.45) is 2.06. The van der Waals surface area contributed by atoms with Crippen LogP contribution in [-0.2, 0) is 19.1 Å². The maximum absolute atomic E-state index is 12.5. The van der Waals surface area contributed by atoms with Gasteiger partial charge in [0.25, 0.3) is 5.91 Å². The molecule has 0 spiro atoms. The van der Waals surface area contributed by atoms with Gasteiger partial charge >= 0.3 is 12.0 Å². The molecule has 1 heterocycles. The van der Waals surface area contributed by atoms with Crippen molar-refractivity contribution < 1.29 is 28.7 Å². The van der Waals surface area contributed by atoms with Crippen molar-refractivity contribution in [1.29, 1.82) is 0 Å². The summed E-state index contributed by atoms with van der Waals surface area (Å²) in [5, 5.41) is 5.31. The zero-order valence-corrected chi connectivity index (χ0v) is 16.3. The number of nitrogens with zero attached hydrogens (tertiary/aromatic N) is 1. The molecule has 1 aromatic rings. The molecule has 0 unspecified atom stereocenters. The Hall–Kier alpha value is -3.23. The second-order valence-corrected chi connectivity index (χ2v) is 7.36. The Balaban J connectivity index is 1.50. The Labute approximate surface area is 167 Å². The predicted molar refractivity (Wildman–Crippen MR) is 102 cm³/mol. The van der Waals surface area contributed by atoms with Gasteiger partial charge in [0.1, 0.15) is 12.1 Å². The number of ketones is 1. The number of hydrogen-bond donors (Lipinski definition) is 2. The third-order valence-electron chi connectivity index (χ3n) is 5.16. The molecule has 1 aliphatic carbocycles. The van der Waals surface area contributed by atoms with E-state index in [0.717, 1.165) is 17.7 Å². The standard InChI is InChI=1S/C20H23N3O6/c1-3-16(25)21-14-8-4-12(5-9-14)15(24)11-29-17(26)10-23-18(27)20(2,13-6-7-13)22-19(23)28/h4-5,8-9,13H,3,6-7,10-11H2,1-2H3,(H,21,25)(H,22,28)/t20-/m0/s1. The monoisotopic (exact) mass is 401 g/mol. The fourth-order valence-electron chi connectivity index (χ4n) is 3.19. The number of urea groups is 1. The molecular weight excluding hydrogens is 378 g/mol. The van der Waals surface area contributed by atoms with Gasteiger partial charge in [0.15, 0.2) is 12.4 Å². The molecule has 9 heteroatoms. The molecule has 9 nitrogen and oxygen atoms in total. The molecular formula is C20H23N3O6. The minimum Gasteiger partial charge on any atom is -0.456 e. The number of carbonyl (C=O) groups excluding carboxylic acids is 5. The zero-order valence-electron chi connectivity index (χ0n) is 16.3. The van der Waals surface area contributed by atoms with E-state index in [-0.39, 0.29) is 11.8 Å². The van der Waals surface area contributed by atoms with E-state index < -0.39 is 42.4 Å². The summed E-state index contributed by atoms with van der Waals surface area (Å²) in [6.45, 7) is 2.34. The fraction of sp³-hybridized carbons (Fsp3) is 0.450. The van der Waals surface area contributed by atoms with Crippen LogP contribution in [0.2, 0.25) is 0 Å². The lowest BCUT2D eigenvalue weighted by atomic mass is 9.96. The second-order valence-electron chi connectivity index (χ2n) is 7.36. The van der Waals surface area contributed by atoms with Gasteiger partial charge in [0.2, 0.25) is 5.91 Å². The number of benzene rings is 1. The summed E-state index contributed by atoms with van der Waals surface area (Å²) in [6, 6.07) is 5.56. The molecule has 0 aromatic heterocycles. The molecule has 3 rings (SSSR count). The first kappa shape index (κ1) is 20.5. The van der Waals surface area contributed by atoms with Gasteiger partial charge < -0.3 is 15.4 Å². The molecule has 154 valence electrons. The second kappa shape index (κ2) is 8.02. The number of anilines is 1. The fourth-order valence-corrected chi connectivity index (χ4v) is 3.19. The van der Waals surface area contributed by atoms with E-state index in [1.165, 1.54) is 12.1 Å². The average Bonchev–Trinajstić information content (AvgIpc) is 3.52. The molecule has 1 aliphatic heterocycles. The van der Waals surface area contributed by atoms with Crippen molar-refractivity contribution in [2.75, 3.05) is 18.5 Å². The number of ether oxygens (including phenoxy) is 1. The van der Waals surface area contributed by atoms with Gasteiger partial charge in [-0.05, 0) is 49.9 Å². The highest BCUT2D eigenvalue weighted by Crippen LogP contribution is 2.42. The molecule has 1 saturated heterocycles. The number of imide groups is 1. The van der Waals surface area contributed by atoms with E-state index in [1.807, 2.05) is 0 Å². The van der Waals surface area contributed by atoms with Crippen LogP contribution in [0.5, 0.6) is 0 Å². The molecule has 0 bridgehead atoms. The van der Waals surface area contributed by atoms with Crippen LogP contribution in [0.15, 0.2) is 24.3 Å². The summed E-state index contributed by atoms with van der Waals surface area (Å²) >= 11 is 0. The van der Waals surface area contributed by atoms with Crippen molar-refractivity contribution in [3.63, 3.8) is 0 Å². The topological polar surface area (TPSA) is 122 Å². The first-order valence-corrected chi connectivity index (χ1v) is 9.47. The number of nitrogens with one attached hydrogen (secondary N) is 2. The van der Waals surface area contributed by atoms with Crippen LogP contribution in [0.3, 0.4) is 0 Å². The summed E-state index contributed by atoms with van der Waals surface area (Å²) in [7, 11) is 0. The number of rotatable bonds is 8. The van der Waals surface area contributed by atoms with Crippen molar-refractivity contribution >= 4 is 35.3 Å². The number of carbonyl (C=O) groups is 5. The molecule has 1 atom stereocenters. The minimum absolute atomic E-state index is 0.0895. The number of amides is 4. The van der Waals surface area contributed by atoms with Gasteiger partial charge in [-0.25, -0.2) is 4.79 Å². The Kier molecular flexibility index (Phi) is 5.67. The van der Waals surface area contributed by atoms with Gasteiger partial charge in [0.05, 0.1) is 0 Å². The number of esters is 1. The van der Waals surface area contributed by atoms with E-state index in [4.69, 9.17) is 4.74 Å². The quantitative estimate of drug-likeness (QED) is 0.387. The lowest BCUT2D eigenvalue weighted by Crippen LogP contribution is -2.46. The van der Waals surface area contributed by atoms with E-state index >= 15 is 0 Å². The maximum atomic E-state index is 12.5. The highest BCUT2D eigenvalue weighted by Gasteiger charge is 2.56. The molecule has 0 radical (unpaired) electrons. The van der Waals surface area contributed by atoms with Gasteiger partial charge in [-0.1, -0.05) is 6.92 Å². The third kappa shape index (κ3) is 4.44. The van der Waals surface area contributed by atoms with Crippen molar-refractivity contribution in [3.8, 4) is 0 Å². The van der Waals surface area contributed by atoms with Crippen LogP contribution < -0.4 is 10.6 Å². The normalized spacial score (nSPS) is 21.0. The van der Waals surface area contributed by atoms with Crippen molar-refractivity contribution in [2.24, 2.45) is 5.92 Å². The highest BCUT2D eigenvalue weighted by molar-refractivity contribution is 6.09. The smallest absolute Gasteiger partial charge is 0.326 e. The molecule has 1 aromatic carbocycles. The van der Waals surface area contributed by atoms with Crippen LogP contribution in [0.1, 0.15) is 43.5 Å². The number of Topliss-reactive ketones (excluding diaryl/α,β-unsaturated/α-hetero) is 1. The Morgan fingerprint density at radius 3 is 2.45 bits per heavy atom. The van der Waals surface area contributed by atoms with Gasteiger partial charge in [-0.2, -0.15) is 0 Å². The van der Waals surface area contributed by atoms with Gasteiger partial charge in [0, 0.05) is 17.7 Å². The highest BCUT2D eigenvalue weighted by atomic mass is 16.5. The molecule has 1 saturated carbocycles. The summed E-state index contributed by atoms with van der Waals surface area (Å²) < 4.78 is 4.94. The number of hydrogen-bond acceptors (Lipinski definition) is 6. The van der Waals surface area contributed by atoms with Crippen molar-refractivity contribution in [3.05, 3.63) is 29.8 Å². The molecule has 2 N–H and O–H groups in total. The van der Waals surface area contributed by atoms with Gasteiger partial charge in [-0.3, -0.25) is 24.1 Å². The molecule has 29 heavy (non-hydrogen) atoms. The first-order valence-electron chi connectivity index (χ1n) is 9.47. The Morgan fingerprint density at radius 1 is 1.21 bits per heavy atom. The largest absolute Gasteiger partial charge is 0.456 e. The Morgan fingerprint density at radius 2 is 1.86 bits per heavy atom. The summed E-state index contributed by atoms with van der Waals surface area (Å²) in [5.41, 5.74) is -0.103. The SMILES string of the molecule is CCC(=O)Nc1ccc(C(=O)COC(=O)CN2C(=O)N[C@@](C)(C3CC3)C2=O)cc1. The lowest BCUT2D eigenvalue weighted by Gasteiger charge is -2.20. The lowest BCUT2D eigenvalue weighted by molar-refractivity contribution is -0.146. The minimum atomic E-state index is -0.970. The molecule has 2 aliphatic rings. The summed E-state index contributed by atoms with van der Waals surface area (Å²) in [5.74, 6) is -1.78. The van der Waals surface area contributed by atoms with Crippen LogP contribution >= 0.6 is 0 Å². The van der Waals surface area contributed by atoms with Crippen LogP contribution in [-0.4, -0.2) is 53.2 Å². The van der Waals surface area contributed by atoms with Gasteiger partial charge in [-0.15, -0.1) is 0 Å². The maximum Gasteiger partial charge on any atom is 0.326 e. The predicted octanol–water partition coefficient (Wildman–Crippen LogP) is 1.48. The van der Waals surface area contributed by atoms with E-state index in [9.17, 15) is 24.0 Å². The van der Waals surface area contributed by atoms with Crippen LogP contribution in [0.4, 0.5) is 10.5 Å². The molecule has 4 amide bonds. The van der Waals surface area contributed by atoms with Crippen LogP contribution in [0.25, 0.3) is 0 Å². The zero-order chi connectivity index (χ0) is 21.2. The van der Waals surface area contributed by atoms with Crippen LogP contribution in [0, 0.1) is 5.92 Å².